The fourth-order valence-electron chi connectivity index (χ4n) is 3.57. The van der Waals surface area contributed by atoms with Crippen LogP contribution in [-0.2, 0) is 6.42 Å². The Labute approximate surface area is 151 Å². The van der Waals surface area contributed by atoms with E-state index in [1.807, 2.05) is 38.1 Å². The van der Waals surface area contributed by atoms with Crippen LogP contribution in [0, 0.1) is 0 Å². The van der Waals surface area contributed by atoms with Crippen molar-refractivity contribution in [2.45, 2.75) is 31.8 Å². The van der Waals surface area contributed by atoms with Gasteiger partial charge in [-0.1, -0.05) is 12.1 Å². The molecule has 5 heteroatoms. The van der Waals surface area contributed by atoms with E-state index in [1.54, 1.807) is 6.07 Å². The maximum Gasteiger partial charge on any atom is 0.157 e. The van der Waals surface area contributed by atoms with Crippen molar-refractivity contribution in [3.8, 4) is 23.0 Å². The van der Waals surface area contributed by atoms with Crippen LogP contribution in [0.2, 0.25) is 0 Å². The van der Waals surface area contributed by atoms with Gasteiger partial charge in [0, 0.05) is 11.5 Å². The second kappa shape index (κ2) is 5.80. The highest BCUT2D eigenvalue weighted by Crippen LogP contribution is 2.44. The molecule has 0 fully saturated rings. The van der Waals surface area contributed by atoms with E-state index in [0.29, 0.717) is 24.9 Å². The molecule has 2 aromatic rings. The van der Waals surface area contributed by atoms with Gasteiger partial charge in [0.25, 0.3) is 0 Å². The standard InChI is InChI=1S/C21H20O5/c1-21(2)8-7-15-18(26-21)6-3-12-9-13(11-25-20(12)15)14-4-5-17(23)16(10-22)19(14)24/h3-8,10,13,23-24H,9,11H2,1-2H3. The van der Waals surface area contributed by atoms with E-state index >= 15 is 0 Å². The molecule has 26 heavy (non-hydrogen) atoms. The molecule has 2 aromatic carbocycles. The number of carbonyl (C=O) groups is 1. The minimum atomic E-state index is -0.346. The molecule has 0 aromatic heterocycles. The summed E-state index contributed by atoms with van der Waals surface area (Å²) in [5, 5.41) is 20.0. The molecule has 0 saturated heterocycles. The first kappa shape index (κ1) is 16.5. The molecular formula is C21H20O5. The maximum atomic E-state index is 11.1. The third kappa shape index (κ3) is 2.60. The van der Waals surface area contributed by atoms with Gasteiger partial charge in [0.15, 0.2) is 6.29 Å². The Morgan fingerprint density at radius 1 is 1.19 bits per heavy atom. The van der Waals surface area contributed by atoms with Crippen LogP contribution in [0.3, 0.4) is 0 Å². The molecule has 134 valence electrons. The quantitative estimate of drug-likeness (QED) is 0.804. The SMILES string of the molecule is CC1(C)C=Cc2c(ccc3c2OCC(c2ccc(O)c(C=O)c2O)C3)O1. The van der Waals surface area contributed by atoms with Crippen LogP contribution in [0.25, 0.3) is 6.08 Å². The van der Waals surface area contributed by atoms with Crippen LogP contribution in [0.4, 0.5) is 0 Å². The van der Waals surface area contributed by atoms with Crippen molar-refractivity contribution in [2.75, 3.05) is 6.61 Å². The lowest BCUT2D eigenvalue weighted by Gasteiger charge is -2.32. The van der Waals surface area contributed by atoms with E-state index in [0.717, 1.165) is 22.6 Å². The van der Waals surface area contributed by atoms with Gasteiger partial charge in [0.1, 0.15) is 28.6 Å². The molecule has 0 radical (unpaired) electrons. The number of carbonyl (C=O) groups excluding carboxylic acids is 1. The Morgan fingerprint density at radius 3 is 2.77 bits per heavy atom. The summed E-state index contributed by atoms with van der Waals surface area (Å²) in [4.78, 5) is 11.1. The van der Waals surface area contributed by atoms with Gasteiger partial charge in [-0.3, -0.25) is 4.79 Å². The molecule has 2 heterocycles. The molecule has 0 spiro atoms. The molecule has 0 saturated carbocycles. The lowest BCUT2D eigenvalue weighted by atomic mass is 9.87. The van der Waals surface area contributed by atoms with Gasteiger partial charge in [0.2, 0.25) is 0 Å². The summed E-state index contributed by atoms with van der Waals surface area (Å²) >= 11 is 0. The Hall–Kier alpha value is -2.95. The van der Waals surface area contributed by atoms with E-state index in [2.05, 4.69) is 0 Å². The number of benzene rings is 2. The topological polar surface area (TPSA) is 76.0 Å². The van der Waals surface area contributed by atoms with E-state index < -0.39 is 0 Å². The van der Waals surface area contributed by atoms with Crippen molar-refractivity contribution in [1.82, 2.24) is 0 Å². The van der Waals surface area contributed by atoms with Crippen molar-refractivity contribution < 1.29 is 24.5 Å². The monoisotopic (exact) mass is 352 g/mol. The average Bonchev–Trinajstić information content (AvgIpc) is 2.60. The smallest absolute Gasteiger partial charge is 0.157 e. The summed E-state index contributed by atoms with van der Waals surface area (Å²) in [5.74, 6) is 1.09. The lowest BCUT2D eigenvalue weighted by molar-refractivity contribution is 0.111. The van der Waals surface area contributed by atoms with Gasteiger partial charge in [-0.25, -0.2) is 0 Å². The summed E-state index contributed by atoms with van der Waals surface area (Å²) < 4.78 is 12.0. The fourth-order valence-corrected chi connectivity index (χ4v) is 3.57. The summed E-state index contributed by atoms with van der Waals surface area (Å²) in [6.45, 7) is 4.37. The van der Waals surface area contributed by atoms with Crippen LogP contribution in [0.1, 0.15) is 46.8 Å². The van der Waals surface area contributed by atoms with Crippen molar-refractivity contribution in [2.24, 2.45) is 0 Å². The zero-order valence-electron chi connectivity index (χ0n) is 14.7. The van der Waals surface area contributed by atoms with Crippen LogP contribution in [0.15, 0.2) is 30.3 Å². The Bertz CT molecular complexity index is 926. The first-order valence-corrected chi connectivity index (χ1v) is 8.56. The fraction of sp³-hybridized carbons (Fsp3) is 0.286. The number of phenols is 2. The summed E-state index contributed by atoms with van der Waals surface area (Å²) in [5.41, 5.74) is 2.12. The van der Waals surface area contributed by atoms with Gasteiger partial charge in [-0.2, -0.15) is 0 Å². The third-order valence-electron chi connectivity index (χ3n) is 4.94. The predicted octanol–water partition coefficient (Wildman–Crippen LogP) is 3.81. The van der Waals surface area contributed by atoms with E-state index in [9.17, 15) is 15.0 Å². The number of ether oxygens (including phenoxy) is 2. The highest BCUT2D eigenvalue weighted by atomic mass is 16.5. The van der Waals surface area contributed by atoms with E-state index in [-0.39, 0.29) is 28.6 Å². The second-order valence-electron chi connectivity index (χ2n) is 7.27. The molecule has 1 unspecified atom stereocenters. The van der Waals surface area contributed by atoms with E-state index in [4.69, 9.17) is 9.47 Å². The first-order chi connectivity index (χ1) is 12.4. The zero-order chi connectivity index (χ0) is 18.5. The summed E-state index contributed by atoms with van der Waals surface area (Å²) in [6, 6.07) is 6.99. The lowest BCUT2D eigenvalue weighted by Crippen LogP contribution is -2.28. The molecule has 1 atom stereocenters. The maximum absolute atomic E-state index is 11.1. The van der Waals surface area contributed by atoms with Gasteiger partial charge in [-0.15, -0.1) is 0 Å². The normalized spacial score (nSPS) is 19.7. The second-order valence-corrected chi connectivity index (χ2v) is 7.27. The Balaban J connectivity index is 1.69. The highest BCUT2D eigenvalue weighted by Gasteiger charge is 2.30. The number of fused-ring (bicyclic) bond motifs is 3. The minimum absolute atomic E-state index is 0.0858. The number of phenolic OH excluding ortho intramolecular Hbond substituents is 2. The first-order valence-electron chi connectivity index (χ1n) is 8.56. The van der Waals surface area contributed by atoms with Crippen molar-refractivity contribution in [3.63, 3.8) is 0 Å². The number of hydrogen-bond donors (Lipinski definition) is 2. The molecule has 0 bridgehead atoms. The molecular weight excluding hydrogens is 332 g/mol. The van der Waals surface area contributed by atoms with Gasteiger partial charge in [-0.05, 0) is 50.1 Å². The Kier molecular flexibility index (Phi) is 3.68. The minimum Gasteiger partial charge on any atom is -0.507 e. The van der Waals surface area contributed by atoms with Crippen LogP contribution < -0.4 is 9.47 Å². The number of aldehydes is 1. The number of hydrogen-bond acceptors (Lipinski definition) is 5. The van der Waals surface area contributed by atoms with Crippen molar-refractivity contribution >= 4 is 12.4 Å². The van der Waals surface area contributed by atoms with Gasteiger partial charge >= 0.3 is 0 Å². The molecule has 4 rings (SSSR count). The van der Waals surface area contributed by atoms with Crippen molar-refractivity contribution in [1.29, 1.82) is 0 Å². The van der Waals surface area contributed by atoms with Crippen molar-refractivity contribution in [3.05, 3.63) is 52.6 Å². The molecule has 0 amide bonds. The zero-order valence-corrected chi connectivity index (χ0v) is 14.7. The van der Waals surface area contributed by atoms with Crippen LogP contribution in [0.5, 0.6) is 23.0 Å². The number of rotatable bonds is 2. The van der Waals surface area contributed by atoms with Gasteiger partial charge in [0.05, 0.1) is 17.7 Å². The van der Waals surface area contributed by atoms with Crippen LogP contribution >= 0.6 is 0 Å². The highest BCUT2D eigenvalue weighted by molar-refractivity contribution is 5.84. The van der Waals surface area contributed by atoms with Crippen LogP contribution in [-0.4, -0.2) is 28.7 Å². The molecule has 2 aliphatic rings. The summed E-state index contributed by atoms with van der Waals surface area (Å²) in [6.07, 6.45) is 5.16. The summed E-state index contributed by atoms with van der Waals surface area (Å²) in [7, 11) is 0. The van der Waals surface area contributed by atoms with Gasteiger partial charge < -0.3 is 19.7 Å². The molecule has 0 aliphatic carbocycles. The average molecular weight is 352 g/mol. The molecule has 5 nitrogen and oxygen atoms in total. The number of aromatic hydroxyl groups is 2. The molecule has 2 aliphatic heterocycles. The third-order valence-corrected chi connectivity index (χ3v) is 4.94. The molecule has 2 N–H and O–H groups in total. The Morgan fingerprint density at radius 2 is 2.00 bits per heavy atom. The predicted molar refractivity (Wildman–Crippen MR) is 97.3 cm³/mol. The largest absolute Gasteiger partial charge is 0.507 e. The van der Waals surface area contributed by atoms with E-state index in [1.165, 1.54) is 6.07 Å².